The van der Waals surface area contributed by atoms with Gasteiger partial charge in [0.1, 0.15) is 0 Å². The summed E-state index contributed by atoms with van der Waals surface area (Å²) in [6, 6.07) is 6.64. The van der Waals surface area contributed by atoms with E-state index in [-0.39, 0.29) is 23.2 Å². The number of benzene rings is 1. The van der Waals surface area contributed by atoms with E-state index in [1.165, 1.54) is 0 Å². The summed E-state index contributed by atoms with van der Waals surface area (Å²) < 4.78 is 21.7. The van der Waals surface area contributed by atoms with Crippen LogP contribution in [0.4, 0.5) is 11.8 Å². The van der Waals surface area contributed by atoms with Crippen molar-refractivity contribution in [2.24, 2.45) is 0 Å². The van der Waals surface area contributed by atoms with Crippen LogP contribution in [0.1, 0.15) is 61.1 Å². The second-order valence-electron chi connectivity index (χ2n) is 7.91. The maximum absolute atomic E-state index is 11.6. The van der Waals surface area contributed by atoms with Crippen molar-refractivity contribution >= 4 is 36.5 Å². The van der Waals surface area contributed by atoms with Gasteiger partial charge in [0, 0.05) is 18.5 Å². The Morgan fingerprint density at radius 3 is 2.30 bits per heavy atom. The summed E-state index contributed by atoms with van der Waals surface area (Å²) in [6.45, 7) is 6.52. The van der Waals surface area contributed by atoms with Crippen LogP contribution in [0.2, 0.25) is 0 Å². The standard InChI is InChI=1S/C18H16N6O2.C7H17O3P/c1-2-3-12(10-4-6-11(7-5-10)17(25)26)8-13-9-21-16-14(22-13)15(19)23-18(20)24-16;1-4-7-11(8,9-5-2)10-6-3/h1,4-7,9,12H,3,8H2,(H,25,26)(H4,19,20,21,23,24);4-7H2,1-3H3. The van der Waals surface area contributed by atoms with Gasteiger partial charge in [-0.05, 0) is 44.4 Å². The van der Waals surface area contributed by atoms with Crippen LogP contribution in [0.15, 0.2) is 30.5 Å². The molecule has 0 aliphatic heterocycles. The number of carboxylic acid groups (broad SMARTS) is 1. The number of fused-ring (bicyclic) bond motifs is 1. The predicted octanol–water partition coefficient (Wildman–Crippen LogP) is 4.29. The van der Waals surface area contributed by atoms with Crippen molar-refractivity contribution in [1.29, 1.82) is 0 Å². The molecule has 0 saturated heterocycles. The molecule has 0 bridgehead atoms. The van der Waals surface area contributed by atoms with E-state index in [2.05, 4.69) is 25.9 Å². The van der Waals surface area contributed by atoms with Gasteiger partial charge in [0.2, 0.25) is 5.95 Å². The van der Waals surface area contributed by atoms with E-state index in [4.69, 9.17) is 32.0 Å². The number of nitrogen functional groups attached to an aromatic ring is 2. The Morgan fingerprint density at radius 2 is 1.76 bits per heavy atom. The minimum atomic E-state index is -2.72. The second-order valence-corrected chi connectivity index (χ2v) is 10.1. The van der Waals surface area contributed by atoms with E-state index in [1.807, 2.05) is 20.8 Å². The Hall–Kier alpha value is -3.58. The first kappa shape index (κ1) is 29.6. The summed E-state index contributed by atoms with van der Waals surface area (Å²) in [7, 11) is -2.72. The number of aromatic carboxylic acids is 1. The lowest BCUT2D eigenvalue weighted by atomic mass is 9.91. The molecule has 2 aromatic heterocycles. The summed E-state index contributed by atoms with van der Waals surface area (Å²) in [5.41, 5.74) is 14.0. The van der Waals surface area contributed by atoms with Crippen LogP contribution in [-0.2, 0) is 20.0 Å². The summed E-state index contributed by atoms with van der Waals surface area (Å²) in [5, 5.41) is 9.02. The van der Waals surface area contributed by atoms with Crippen molar-refractivity contribution < 1.29 is 23.5 Å². The fraction of sp³-hybridized carbons (Fsp3) is 0.400. The molecule has 2 heterocycles. The molecule has 1 atom stereocenters. The lowest BCUT2D eigenvalue weighted by molar-refractivity contribution is 0.0696. The molecule has 0 amide bonds. The fourth-order valence-corrected chi connectivity index (χ4v) is 5.18. The third kappa shape index (κ3) is 8.79. The number of aromatic nitrogens is 4. The van der Waals surface area contributed by atoms with E-state index in [0.717, 1.165) is 12.0 Å². The van der Waals surface area contributed by atoms with E-state index in [1.54, 1.807) is 30.5 Å². The Kier molecular flexibility index (Phi) is 11.4. The van der Waals surface area contributed by atoms with Gasteiger partial charge in [0.05, 0.1) is 30.7 Å². The van der Waals surface area contributed by atoms with Crippen LogP contribution < -0.4 is 11.5 Å². The first-order valence-electron chi connectivity index (χ1n) is 11.9. The van der Waals surface area contributed by atoms with Gasteiger partial charge in [-0.3, -0.25) is 4.57 Å². The minimum absolute atomic E-state index is 0.0366. The second kappa shape index (κ2) is 14.2. The maximum atomic E-state index is 11.6. The van der Waals surface area contributed by atoms with E-state index in [9.17, 15) is 9.36 Å². The molecule has 37 heavy (non-hydrogen) atoms. The zero-order valence-corrected chi connectivity index (χ0v) is 22.1. The molecule has 0 spiro atoms. The van der Waals surface area contributed by atoms with Gasteiger partial charge < -0.3 is 25.6 Å². The molecule has 5 N–H and O–H groups in total. The SMILES string of the molecule is C#CCC(Cc1cnc2nc(N)nc(N)c2n1)c1ccc(C(=O)O)cc1.CCCP(=O)(OCC)OCC. The molecule has 3 aromatic rings. The molecular formula is C25H33N6O5P. The Morgan fingerprint density at radius 1 is 1.11 bits per heavy atom. The summed E-state index contributed by atoms with van der Waals surface area (Å²) in [4.78, 5) is 27.6. The highest BCUT2D eigenvalue weighted by Crippen LogP contribution is 2.48. The maximum Gasteiger partial charge on any atom is 0.335 e. The number of rotatable bonds is 11. The van der Waals surface area contributed by atoms with Crippen molar-refractivity contribution in [3.63, 3.8) is 0 Å². The molecule has 1 unspecified atom stereocenters. The van der Waals surface area contributed by atoms with Crippen LogP contribution in [0.25, 0.3) is 11.2 Å². The molecule has 11 nitrogen and oxygen atoms in total. The largest absolute Gasteiger partial charge is 0.478 e. The van der Waals surface area contributed by atoms with Crippen LogP contribution in [0.3, 0.4) is 0 Å². The molecule has 0 fully saturated rings. The van der Waals surface area contributed by atoms with Gasteiger partial charge in [-0.15, -0.1) is 12.3 Å². The zero-order chi connectivity index (χ0) is 27.4. The van der Waals surface area contributed by atoms with Crippen LogP contribution in [-0.4, -0.2) is 50.4 Å². The van der Waals surface area contributed by atoms with Gasteiger partial charge in [0.15, 0.2) is 17.0 Å². The molecule has 12 heteroatoms. The first-order valence-corrected chi connectivity index (χ1v) is 13.6. The summed E-state index contributed by atoms with van der Waals surface area (Å²) >= 11 is 0. The number of hydrogen-bond donors (Lipinski definition) is 3. The summed E-state index contributed by atoms with van der Waals surface area (Å²) in [5.74, 6) is 1.85. The van der Waals surface area contributed by atoms with Gasteiger partial charge in [-0.25, -0.2) is 14.8 Å². The van der Waals surface area contributed by atoms with Crippen LogP contribution in [0, 0.1) is 12.3 Å². The lowest BCUT2D eigenvalue weighted by Gasteiger charge is -2.15. The van der Waals surface area contributed by atoms with Crippen molar-refractivity contribution in [1.82, 2.24) is 19.9 Å². The third-order valence-corrected chi connectivity index (χ3v) is 7.40. The van der Waals surface area contributed by atoms with E-state index in [0.29, 0.717) is 49.1 Å². The third-order valence-electron chi connectivity index (χ3n) is 5.10. The number of nitrogens with zero attached hydrogens (tertiary/aromatic N) is 4. The van der Waals surface area contributed by atoms with Crippen molar-refractivity contribution in [3.8, 4) is 12.3 Å². The number of carbonyl (C=O) groups is 1. The molecule has 1 aromatic carbocycles. The molecular weight excluding hydrogens is 495 g/mol. The topological polar surface area (TPSA) is 176 Å². The molecule has 0 saturated carbocycles. The zero-order valence-electron chi connectivity index (χ0n) is 21.3. The molecule has 198 valence electrons. The average molecular weight is 529 g/mol. The smallest absolute Gasteiger partial charge is 0.335 e. The monoisotopic (exact) mass is 528 g/mol. The van der Waals surface area contributed by atoms with Crippen molar-refractivity contribution in [2.45, 2.75) is 46.0 Å². The molecule has 3 rings (SSSR count). The van der Waals surface area contributed by atoms with Gasteiger partial charge in [-0.1, -0.05) is 19.1 Å². The van der Waals surface area contributed by atoms with Crippen LogP contribution >= 0.6 is 7.60 Å². The number of anilines is 2. The predicted molar refractivity (Wildman–Crippen MR) is 143 cm³/mol. The van der Waals surface area contributed by atoms with E-state index < -0.39 is 13.6 Å². The first-order chi connectivity index (χ1) is 17.7. The number of carboxylic acids is 1. The van der Waals surface area contributed by atoms with Crippen LogP contribution in [0.5, 0.6) is 0 Å². The fourth-order valence-electron chi connectivity index (χ4n) is 3.52. The highest BCUT2D eigenvalue weighted by molar-refractivity contribution is 7.53. The average Bonchev–Trinajstić information content (AvgIpc) is 2.85. The van der Waals surface area contributed by atoms with Gasteiger partial charge >= 0.3 is 13.6 Å². The highest BCUT2D eigenvalue weighted by Gasteiger charge is 2.21. The van der Waals surface area contributed by atoms with Gasteiger partial charge in [0.25, 0.3) is 0 Å². The van der Waals surface area contributed by atoms with Crippen molar-refractivity contribution in [3.05, 3.63) is 47.3 Å². The Bertz CT molecular complexity index is 1260. The molecule has 0 aliphatic carbocycles. The highest BCUT2D eigenvalue weighted by atomic mass is 31.2. The number of terminal acetylenes is 1. The lowest BCUT2D eigenvalue weighted by Crippen LogP contribution is -2.08. The molecule has 0 aliphatic rings. The van der Waals surface area contributed by atoms with E-state index >= 15 is 0 Å². The number of hydrogen-bond acceptors (Lipinski definition) is 10. The Balaban J connectivity index is 0.000000371. The minimum Gasteiger partial charge on any atom is -0.478 e. The summed E-state index contributed by atoms with van der Waals surface area (Å²) in [6.07, 6.45) is 9.44. The number of nitrogens with two attached hydrogens (primary N) is 2. The quantitative estimate of drug-likeness (QED) is 0.239. The van der Waals surface area contributed by atoms with Gasteiger partial charge in [-0.2, -0.15) is 9.97 Å². The van der Waals surface area contributed by atoms with Crippen molar-refractivity contribution in [2.75, 3.05) is 30.8 Å². The Labute approximate surface area is 216 Å². The normalized spacial score (nSPS) is 11.8. The molecule has 0 radical (unpaired) electrons.